The van der Waals surface area contributed by atoms with Crippen LogP contribution in [-0.2, 0) is 40.6 Å². The van der Waals surface area contributed by atoms with Crippen LogP contribution >= 0.6 is 7.92 Å². The summed E-state index contributed by atoms with van der Waals surface area (Å²) in [7, 11) is 0.380. The van der Waals surface area contributed by atoms with Gasteiger partial charge in [0.05, 0.1) is 0 Å². The van der Waals surface area contributed by atoms with E-state index in [0.717, 1.165) is 0 Å². The molecule has 0 aromatic carbocycles. The molecule has 7 heteroatoms. The minimum absolute atomic E-state index is 0. The minimum atomic E-state index is 0. The molecule has 0 aliphatic carbocycles. The summed E-state index contributed by atoms with van der Waals surface area (Å²) in [5, 5.41) is 0. The number of rotatable bonds is 0. The van der Waals surface area contributed by atoms with Gasteiger partial charge in [0.2, 0.25) is 0 Å². The topological polar surface area (TPSA) is 99.5 Å². The Balaban J connectivity index is -0.0000000105. The second-order valence-corrected chi connectivity index (χ2v) is 4.02. The largest absolute Gasteiger partial charge is 0 e. The molecule has 0 aliphatic heterocycles. The summed E-state index contributed by atoms with van der Waals surface area (Å²) >= 11 is 0. The zero-order valence-electron chi connectivity index (χ0n) is 8.40. The average Bonchev–Trinajstić information content (AvgIpc) is 2.30. The molecule has 0 heterocycles. The van der Waals surface area contributed by atoms with Gasteiger partial charge >= 0.3 is 56.5 Å². The van der Waals surface area contributed by atoms with E-state index in [9.17, 15) is 0 Å². The molecule has 0 amide bonds. The van der Waals surface area contributed by atoms with E-state index in [1.807, 2.05) is 0 Å². The summed E-state index contributed by atoms with van der Waals surface area (Å²) in [4.78, 5) is 0. The van der Waals surface area contributed by atoms with Crippen LogP contribution in [0.2, 0.25) is 0 Å². The smallest absolute Gasteiger partial charge is 0 e. The van der Waals surface area contributed by atoms with Crippen LogP contribution < -0.4 is 0 Å². The Morgan fingerprint density at radius 3 is 0.533 bits per heavy atom. The second-order valence-electron chi connectivity index (χ2n) is 1.34. The summed E-state index contributed by atoms with van der Waals surface area (Å²) in [5.74, 6) is 0. The molecule has 0 bridgehead atoms. The fourth-order valence-corrected chi connectivity index (χ4v) is 0. The van der Waals surface area contributed by atoms with E-state index < -0.39 is 0 Å². The van der Waals surface area contributed by atoms with Crippen molar-refractivity contribution in [3.63, 3.8) is 0 Å². The summed E-state index contributed by atoms with van der Waals surface area (Å²) in [6, 6.07) is 0. The van der Waals surface area contributed by atoms with Gasteiger partial charge in [0, 0.05) is 17.4 Å². The van der Waals surface area contributed by atoms with E-state index in [0.29, 0.717) is 7.92 Å². The number of hydrogen-bond donors (Lipinski definition) is 0. The van der Waals surface area contributed by atoms with Crippen LogP contribution in [0.3, 0.4) is 0 Å². The first-order valence-electron chi connectivity index (χ1n) is 2.36. The van der Waals surface area contributed by atoms with Crippen molar-refractivity contribution in [1.29, 1.82) is 0 Å². The Morgan fingerprint density at radius 2 is 0.533 bits per heavy atom. The summed E-state index contributed by atoms with van der Waals surface area (Å²) < 4.78 is 37.5. The first-order chi connectivity index (χ1) is 6.73. The van der Waals surface area contributed by atoms with Gasteiger partial charge in [-0.2, -0.15) is 0 Å². The van der Waals surface area contributed by atoms with E-state index in [-0.39, 0.29) is 17.4 Å². The van der Waals surface area contributed by atoms with E-state index in [2.05, 4.69) is 53.2 Å². The summed E-state index contributed by atoms with van der Waals surface area (Å²) in [6.07, 6.45) is 0. The van der Waals surface area contributed by atoms with Gasteiger partial charge in [0.15, 0.2) is 0 Å². The van der Waals surface area contributed by atoms with Gasteiger partial charge in [0.1, 0.15) is 0 Å². The maximum atomic E-state index is 7.50. The first-order valence-corrected chi connectivity index (χ1v) is 5.05. The Morgan fingerprint density at radius 1 is 0.533 bits per heavy atom. The van der Waals surface area contributed by atoms with Crippen LogP contribution in [0.15, 0.2) is 0 Å². The molecular formula is C8H9CrO5P. The normalized spacial score (nSPS) is 3.07. The minimum Gasteiger partial charge on any atom is 0 e. The SMILES string of the molecule is CP(C)C.[C-]#[O+].[C-]#[O+].[C-]#[O+].[C-]#[O+].[C-]#[O+].[Cr]. The van der Waals surface area contributed by atoms with Gasteiger partial charge in [-0.1, -0.05) is 0 Å². The third kappa shape index (κ3) is 16300. The van der Waals surface area contributed by atoms with Crippen molar-refractivity contribution < 1.29 is 40.6 Å². The molecule has 0 unspecified atom stereocenters. The first kappa shape index (κ1) is 46.6. The van der Waals surface area contributed by atoms with Gasteiger partial charge < -0.3 is 0 Å². The standard InChI is InChI=1S/C3H9P.5CO.Cr/c1-4(2)3;5*1-2;/h1-3H3;;;;;;. The van der Waals surface area contributed by atoms with Crippen LogP contribution in [0, 0.1) is 33.3 Å². The zero-order valence-corrected chi connectivity index (χ0v) is 10.6. The molecule has 0 aromatic rings. The zero-order chi connectivity index (χ0) is 13.6. The second kappa shape index (κ2) is 309. The van der Waals surface area contributed by atoms with Crippen LogP contribution in [0.1, 0.15) is 0 Å². The van der Waals surface area contributed by atoms with Gasteiger partial charge in [-0.15, -0.1) is 7.92 Å². The van der Waals surface area contributed by atoms with Crippen LogP contribution in [0.25, 0.3) is 0 Å². The Kier molecular flexibility index (Phi) is 960. The van der Waals surface area contributed by atoms with E-state index in [1.54, 1.807) is 0 Å². The van der Waals surface area contributed by atoms with Crippen molar-refractivity contribution in [3.8, 4) is 0 Å². The molecule has 0 radical (unpaired) electrons. The monoisotopic (exact) mass is 268 g/mol. The molecule has 82 valence electrons. The Labute approximate surface area is 102 Å². The fourth-order valence-electron chi connectivity index (χ4n) is 0. The predicted molar refractivity (Wildman–Crippen MR) is 44.3 cm³/mol. The molecule has 0 aliphatic rings. The Bertz CT molecular complexity index is 110. The van der Waals surface area contributed by atoms with Gasteiger partial charge in [-0.25, -0.2) is 0 Å². The molecule has 0 rings (SSSR count). The molecule has 0 atom stereocenters. The summed E-state index contributed by atoms with van der Waals surface area (Å²) in [5.41, 5.74) is 0. The van der Waals surface area contributed by atoms with Crippen molar-refractivity contribution >= 4 is 7.92 Å². The van der Waals surface area contributed by atoms with Crippen molar-refractivity contribution in [2.45, 2.75) is 0 Å². The van der Waals surface area contributed by atoms with E-state index in [4.69, 9.17) is 23.3 Å². The third-order valence-corrected chi connectivity index (χ3v) is 0. The molecular weight excluding hydrogens is 259 g/mol. The third-order valence-electron chi connectivity index (χ3n) is 0. The van der Waals surface area contributed by atoms with Crippen molar-refractivity contribution in [2.75, 3.05) is 20.0 Å². The fraction of sp³-hybridized carbons (Fsp3) is 0.375. The van der Waals surface area contributed by atoms with Crippen molar-refractivity contribution in [2.24, 2.45) is 0 Å². The maximum absolute atomic E-state index is 7.50. The number of hydrogen-bond acceptors (Lipinski definition) is 0. The van der Waals surface area contributed by atoms with Crippen LogP contribution in [0.4, 0.5) is 0 Å². The molecule has 0 saturated heterocycles. The van der Waals surface area contributed by atoms with Crippen molar-refractivity contribution in [3.05, 3.63) is 33.3 Å². The average molecular weight is 268 g/mol. The molecule has 5 nitrogen and oxygen atoms in total. The van der Waals surface area contributed by atoms with E-state index >= 15 is 0 Å². The molecule has 0 N–H and O–H groups in total. The molecule has 0 spiro atoms. The molecule has 15 heavy (non-hydrogen) atoms. The van der Waals surface area contributed by atoms with Gasteiger partial charge in [-0.05, 0) is 20.0 Å². The molecule has 0 saturated carbocycles. The van der Waals surface area contributed by atoms with Crippen LogP contribution in [-0.4, -0.2) is 20.0 Å². The molecule has 0 aromatic heterocycles. The van der Waals surface area contributed by atoms with Gasteiger partial charge in [-0.3, -0.25) is 0 Å². The van der Waals surface area contributed by atoms with E-state index in [1.165, 1.54) is 0 Å². The Hall–Kier alpha value is -0.338. The summed E-state index contributed by atoms with van der Waals surface area (Å²) in [6.45, 7) is 29.2. The quantitative estimate of drug-likeness (QED) is 0.358. The van der Waals surface area contributed by atoms with Crippen molar-refractivity contribution in [1.82, 2.24) is 0 Å². The van der Waals surface area contributed by atoms with Crippen LogP contribution in [0.5, 0.6) is 0 Å². The molecule has 0 fully saturated rings. The maximum Gasteiger partial charge on any atom is 0 e. The predicted octanol–water partition coefficient (Wildman–Crippen LogP) is 1.17. The van der Waals surface area contributed by atoms with Gasteiger partial charge in [0.25, 0.3) is 0 Å².